The largest absolute Gasteiger partial charge is 0.507 e. The number of aryl methyl sites for hydroxylation is 1. The fraction of sp³-hybridized carbons (Fsp3) is 0.607. The summed E-state index contributed by atoms with van der Waals surface area (Å²) in [5.74, 6) is -9.58. The van der Waals surface area contributed by atoms with E-state index in [4.69, 9.17) is 5.73 Å². The summed E-state index contributed by atoms with van der Waals surface area (Å²) in [5.41, 5.74) is 4.35. The summed E-state index contributed by atoms with van der Waals surface area (Å²) >= 11 is 0. The van der Waals surface area contributed by atoms with Crippen molar-refractivity contribution in [1.29, 1.82) is 0 Å². The summed E-state index contributed by atoms with van der Waals surface area (Å²) in [5, 5.41) is 22.2. The highest BCUT2D eigenvalue weighted by Crippen LogP contribution is 2.51. The molecule has 3 aliphatic rings. The number of benzene rings is 1. The van der Waals surface area contributed by atoms with Gasteiger partial charge in [-0.2, -0.15) is 0 Å². The van der Waals surface area contributed by atoms with E-state index in [2.05, 4.69) is 13.8 Å². The predicted molar refractivity (Wildman–Crippen MR) is 134 cm³/mol. The Morgan fingerprint density at radius 2 is 1.78 bits per heavy atom. The molecule has 0 spiro atoms. The minimum absolute atomic E-state index is 0.0610. The van der Waals surface area contributed by atoms with Crippen LogP contribution in [0.2, 0.25) is 0 Å². The van der Waals surface area contributed by atoms with Gasteiger partial charge in [-0.3, -0.25) is 28.9 Å². The number of nitrogens with two attached hydrogens (primary N) is 1. The Hall–Kier alpha value is -2.91. The second-order valence-corrected chi connectivity index (χ2v) is 11.1. The maximum Gasteiger partial charge on any atom is 0.235 e. The van der Waals surface area contributed by atoms with Gasteiger partial charge in [0.15, 0.2) is 34.7 Å². The number of likely N-dealkylation sites (N-methyl/N-ethyl adjacent to an activating group) is 1. The van der Waals surface area contributed by atoms with Gasteiger partial charge in [0.2, 0.25) is 5.91 Å². The lowest BCUT2D eigenvalue weighted by atomic mass is 9.52. The minimum atomic E-state index is -2.69. The lowest BCUT2D eigenvalue weighted by Crippen LogP contribution is -2.74. The number of carbonyl (C=O) groups is 5. The Bertz CT molecular complexity index is 1170. The first kappa shape index (κ1) is 27.1. The summed E-state index contributed by atoms with van der Waals surface area (Å²) in [6, 6.07) is 2.18. The van der Waals surface area contributed by atoms with Crippen molar-refractivity contribution in [1.82, 2.24) is 4.90 Å². The number of carbonyl (C=O) groups excluding carboxylic acids is 5. The van der Waals surface area contributed by atoms with Crippen molar-refractivity contribution in [3.63, 3.8) is 0 Å². The maximum absolute atomic E-state index is 13.8. The SMILES string of the molecule is CCC(CC)CCc1ccc(O)c2c1C[C@@H]1C[C@@H]3C(N(C)C)C(=O)C(C(N)=O)C(=O)[C@]3(O)C(=O)C1C2=O. The zero-order valence-electron chi connectivity index (χ0n) is 21.8. The first-order valence-corrected chi connectivity index (χ1v) is 13.1. The molecule has 2 saturated carbocycles. The van der Waals surface area contributed by atoms with Crippen molar-refractivity contribution in [3.05, 3.63) is 28.8 Å². The fourth-order valence-corrected chi connectivity index (χ4v) is 6.96. The molecule has 4 N–H and O–H groups in total. The summed E-state index contributed by atoms with van der Waals surface area (Å²) in [6.07, 6.45) is 4.08. The van der Waals surface area contributed by atoms with E-state index < -0.39 is 64.4 Å². The molecule has 1 aromatic rings. The van der Waals surface area contributed by atoms with Crippen molar-refractivity contribution >= 4 is 29.0 Å². The highest BCUT2D eigenvalue weighted by atomic mass is 16.3. The van der Waals surface area contributed by atoms with Gasteiger partial charge in [0.25, 0.3) is 0 Å². The summed E-state index contributed by atoms with van der Waals surface area (Å²) in [6.45, 7) is 4.28. The Morgan fingerprint density at radius 1 is 1.14 bits per heavy atom. The molecule has 0 saturated heterocycles. The molecule has 0 bridgehead atoms. The predicted octanol–water partition coefficient (Wildman–Crippen LogP) is 1.24. The van der Waals surface area contributed by atoms with Crippen LogP contribution in [0.15, 0.2) is 12.1 Å². The van der Waals surface area contributed by atoms with E-state index in [1.807, 2.05) is 6.07 Å². The van der Waals surface area contributed by atoms with Gasteiger partial charge in [-0.05, 0) is 68.8 Å². The molecule has 6 atom stereocenters. The normalized spacial score (nSPS) is 31.4. The topological polar surface area (TPSA) is 155 Å². The quantitative estimate of drug-likeness (QED) is 0.461. The number of amides is 1. The monoisotopic (exact) mass is 512 g/mol. The molecule has 0 radical (unpaired) electrons. The standard InChI is InChI=1S/C28H36N2O7/c1-5-13(6-2)7-8-14-9-10-18(31)20-16(14)11-15-12-17-22(30(3)4)24(33)21(27(29)36)26(35)28(17,37)25(34)19(15)23(20)32/h9-10,13,15,17,19,21-22,31,37H,5-8,11-12H2,1-4H3,(H2,29,36)/t15-,17-,19?,21?,22?,28-/m1/s1. The molecule has 2 fully saturated rings. The molecule has 1 amide bonds. The second kappa shape index (κ2) is 9.76. The number of hydrogen-bond donors (Lipinski definition) is 3. The molecule has 0 aromatic heterocycles. The van der Waals surface area contributed by atoms with Crippen molar-refractivity contribution < 1.29 is 34.2 Å². The van der Waals surface area contributed by atoms with E-state index in [0.29, 0.717) is 17.9 Å². The number of primary amides is 1. The van der Waals surface area contributed by atoms with Crippen LogP contribution in [0.25, 0.3) is 0 Å². The smallest absolute Gasteiger partial charge is 0.235 e. The van der Waals surface area contributed by atoms with E-state index in [0.717, 1.165) is 31.2 Å². The van der Waals surface area contributed by atoms with Crippen molar-refractivity contribution in [2.24, 2.45) is 35.3 Å². The highest BCUT2D eigenvalue weighted by molar-refractivity contribution is 6.32. The van der Waals surface area contributed by atoms with Gasteiger partial charge in [0.05, 0.1) is 17.5 Å². The number of phenols is 1. The summed E-state index contributed by atoms with van der Waals surface area (Å²) in [7, 11) is 3.14. The molecule has 9 heteroatoms. The first-order valence-electron chi connectivity index (χ1n) is 13.1. The fourth-order valence-electron chi connectivity index (χ4n) is 6.96. The highest BCUT2D eigenvalue weighted by Gasteiger charge is 2.69. The van der Waals surface area contributed by atoms with E-state index in [1.54, 1.807) is 14.1 Å². The molecule has 3 unspecified atom stereocenters. The van der Waals surface area contributed by atoms with Crippen LogP contribution in [0.5, 0.6) is 5.75 Å². The van der Waals surface area contributed by atoms with E-state index in [9.17, 15) is 34.2 Å². The van der Waals surface area contributed by atoms with Crippen LogP contribution in [0.3, 0.4) is 0 Å². The molecule has 0 aliphatic heterocycles. The summed E-state index contributed by atoms with van der Waals surface area (Å²) in [4.78, 5) is 67.6. The van der Waals surface area contributed by atoms with Gasteiger partial charge in [-0.1, -0.05) is 32.8 Å². The number of fused-ring (bicyclic) bond motifs is 3. The van der Waals surface area contributed by atoms with Crippen molar-refractivity contribution in [2.45, 2.75) is 64.0 Å². The third-order valence-corrected chi connectivity index (χ3v) is 9.02. The van der Waals surface area contributed by atoms with Crippen LogP contribution in [0, 0.1) is 29.6 Å². The van der Waals surface area contributed by atoms with Crippen LogP contribution < -0.4 is 5.73 Å². The zero-order valence-corrected chi connectivity index (χ0v) is 21.8. The third-order valence-electron chi connectivity index (χ3n) is 9.02. The van der Waals surface area contributed by atoms with Crippen LogP contribution in [0.1, 0.15) is 61.0 Å². The average Bonchev–Trinajstić information content (AvgIpc) is 2.82. The molecule has 3 aliphatic carbocycles. The lowest BCUT2D eigenvalue weighted by Gasteiger charge is -2.52. The van der Waals surface area contributed by atoms with Gasteiger partial charge in [0, 0.05) is 5.92 Å². The molecule has 1 aromatic carbocycles. The molecule has 0 heterocycles. The molecule has 37 heavy (non-hydrogen) atoms. The second-order valence-electron chi connectivity index (χ2n) is 11.1. The van der Waals surface area contributed by atoms with Crippen molar-refractivity contribution in [3.8, 4) is 5.75 Å². The molecule has 4 rings (SSSR count). The number of rotatable bonds is 7. The molecular weight excluding hydrogens is 476 g/mol. The van der Waals surface area contributed by atoms with E-state index in [-0.39, 0.29) is 17.7 Å². The number of nitrogens with zero attached hydrogens (tertiary/aromatic N) is 1. The maximum atomic E-state index is 13.8. The lowest BCUT2D eigenvalue weighted by molar-refractivity contribution is -0.181. The minimum Gasteiger partial charge on any atom is -0.507 e. The van der Waals surface area contributed by atoms with Crippen LogP contribution in [-0.4, -0.2) is 69.9 Å². The van der Waals surface area contributed by atoms with Gasteiger partial charge < -0.3 is 15.9 Å². The van der Waals surface area contributed by atoms with Crippen LogP contribution in [0.4, 0.5) is 0 Å². The number of ketones is 4. The van der Waals surface area contributed by atoms with Crippen LogP contribution in [-0.2, 0) is 32.0 Å². The third kappa shape index (κ3) is 4.03. The van der Waals surface area contributed by atoms with Gasteiger partial charge >= 0.3 is 0 Å². The number of aromatic hydroxyl groups is 1. The molecule has 200 valence electrons. The number of aliphatic hydroxyl groups is 1. The van der Waals surface area contributed by atoms with E-state index >= 15 is 0 Å². The first-order chi connectivity index (χ1) is 17.4. The Morgan fingerprint density at radius 3 is 2.35 bits per heavy atom. The van der Waals surface area contributed by atoms with Crippen LogP contribution >= 0.6 is 0 Å². The van der Waals surface area contributed by atoms with Gasteiger partial charge in [-0.25, -0.2) is 0 Å². The Balaban J connectivity index is 1.79. The molecule has 9 nitrogen and oxygen atoms in total. The number of Topliss-reactive ketones (excluding diaryl/α,β-unsaturated/α-hetero) is 4. The van der Waals surface area contributed by atoms with Gasteiger partial charge in [-0.15, -0.1) is 0 Å². The summed E-state index contributed by atoms with van der Waals surface area (Å²) < 4.78 is 0. The van der Waals surface area contributed by atoms with Gasteiger partial charge in [0.1, 0.15) is 5.75 Å². The van der Waals surface area contributed by atoms with E-state index in [1.165, 1.54) is 11.0 Å². The zero-order chi connectivity index (χ0) is 27.4. The number of phenolic OH excluding ortho intramolecular Hbond substituents is 1. The number of hydrogen-bond acceptors (Lipinski definition) is 8. The average molecular weight is 513 g/mol. The Labute approximate surface area is 216 Å². The van der Waals surface area contributed by atoms with Crippen molar-refractivity contribution in [2.75, 3.05) is 14.1 Å². The molecular formula is C28H36N2O7. The Kier molecular flexibility index (Phi) is 7.16.